The molecule has 3 aromatic rings. The molecule has 6 rings (SSSR count). The van der Waals surface area contributed by atoms with E-state index in [1.54, 1.807) is 23.2 Å². The molecule has 41 heavy (non-hydrogen) atoms. The molecule has 0 bridgehead atoms. The van der Waals surface area contributed by atoms with Gasteiger partial charge in [-0.3, -0.25) is 19.5 Å². The monoisotopic (exact) mass is 557 g/mol. The molecule has 1 aromatic heterocycles. The number of hydrogen-bond donors (Lipinski definition) is 2. The molecule has 1 fully saturated rings. The fraction of sp³-hybridized carbons (Fsp3) is 0.406. The van der Waals surface area contributed by atoms with Crippen molar-refractivity contribution in [3.63, 3.8) is 0 Å². The van der Waals surface area contributed by atoms with E-state index in [4.69, 9.17) is 0 Å². The third-order valence-corrected chi connectivity index (χ3v) is 8.57. The maximum absolute atomic E-state index is 13.9. The molecule has 0 radical (unpaired) electrons. The summed E-state index contributed by atoms with van der Waals surface area (Å²) in [6, 6.07) is 15.5. The number of nitrogens with one attached hydrogen (secondary N) is 1. The molecule has 2 N–H and O–H groups in total. The van der Waals surface area contributed by atoms with Crippen LogP contribution in [0.1, 0.15) is 59.6 Å². The van der Waals surface area contributed by atoms with Crippen molar-refractivity contribution in [1.29, 1.82) is 0 Å². The summed E-state index contributed by atoms with van der Waals surface area (Å²) in [7, 11) is 0. The minimum Gasteiger partial charge on any atom is -0.384 e. The van der Waals surface area contributed by atoms with Crippen LogP contribution in [-0.2, 0) is 16.8 Å². The van der Waals surface area contributed by atoms with Gasteiger partial charge in [-0.05, 0) is 42.3 Å². The lowest BCUT2D eigenvalue weighted by atomic mass is 9.90. The Hall–Kier alpha value is -3.66. The smallest absolute Gasteiger partial charge is 0.254 e. The summed E-state index contributed by atoms with van der Waals surface area (Å²) < 4.78 is 13.4. The van der Waals surface area contributed by atoms with Gasteiger partial charge in [-0.15, -0.1) is 0 Å². The van der Waals surface area contributed by atoms with Gasteiger partial charge in [0.2, 0.25) is 5.91 Å². The molecule has 3 aliphatic heterocycles. The highest BCUT2D eigenvalue weighted by atomic mass is 19.1. The number of fused-ring (bicyclic) bond motifs is 2. The van der Waals surface area contributed by atoms with Gasteiger partial charge in [-0.25, -0.2) is 4.39 Å². The molecule has 214 valence electrons. The van der Waals surface area contributed by atoms with E-state index >= 15 is 0 Å². The predicted octanol–water partition coefficient (Wildman–Crippen LogP) is 3.24. The predicted molar refractivity (Wildman–Crippen MR) is 154 cm³/mol. The molecular weight excluding hydrogens is 521 g/mol. The van der Waals surface area contributed by atoms with Gasteiger partial charge in [0.25, 0.3) is 5.91 Å². The number of halogens is 1. The first-order valence-corrected chi connectivity index (χ1v) is 14.2. The Kier molecular flexibility index (Phi) is 7.13. The number of hydrogen-bond acceptors (Lipinski definition) is 6. The third kappa shape index (κ3) is 5.25. The van der Waals surface area contributed by atoms with Gasteiger partial charge in [-0.1, -0.05) is 44.2 Å². The highest BCUT2D eigenvalue weighted by Gasteiger charge is 2.41. The number of amides is 2. The van der Waals surface area contributed by atoms with E-state index in [1.807, 2.05) is 35.2 Å². The van der Waals surface area contributed by atoms with Gasteiger partial charge >= 0.3 is 0 Å². The van der Waals surface area contributed by atoms with Gasteiger partial charge in [0.05, 0.1) is 17.9 Å². The van der Waals surface area contributed by atoms with E-state index in [0.29, 0.717) is 49.5 Å². The molecule has 2 aromatic carbocycles. The van der Waals surface area contributed by atoms with Crippen molar-refractivity contribution in [3.05, 3.63) is 94.6 Å². The molecule has 0 spiro atoms. The van der Waals surface area contributed by atoms with Gasteiger partial charge in [0.15, 0.2) is 0 Å². The van der Waals surface area contributed by atoms with Crippen LogP contribution in [0.4, 0.5) is 10.1 Å². The van der Waals surface area contributed by atoms with Crippen LogP contribution in [0.5, 0.6) is 0 Å². The van der Waals surface area contributed by atoms with E-state index in [9.17, 15) is 19.1 Å². The van der Waals surface area contributed by atoms with Crippen LogP contribution >= 0.6 is 0 Å². The number of piperazine rings is 1. The maximum Gasteiger partial charge on any atom is 0.254 e. The number of aliphatic hydroxyl groups excluding tert-OH is 1. The number of carbonyl (C=O) groups excluding carboxylic acids is 2. The molecule has 1 saturated heterocycles. The minimum absolute atomic E-state index is 0.00625. The number of benzene rings is 2. The minimum atomic E-state index is -0.991. The summed E-state index contributed by atoms with van der Waals surface area (Å²) in [6.07, 6.45) is 0.649. The fourth-order valence-corrected chi connectivity index (χ4v) is 6.34. The Morgan fingerprint density at radius 1 is 1.17 bits per heavy atom. The standard InChI is InChI=1S/C32H36FN5O3/c1-20-15-36(25(14-34-20)17-37-16-22-6-4-5-7-26(22)31(37)41)18-28(39)38-19-32(2,3)30-27(38)12-23(13-35-30)29(40)21-8-10-24(33)11-9-21/h4-13,20,25,29,34,40H,14-19H2,1-3H3/t20?,25-,29+/m1/s1. The average Bonchev–Trinajstić information content (AvgIpc) is 3.42. The van der Waals surface area contributed by atoms with Crippen molar-refractivity contribution in [3.8, 4) is 0 Å². The van der Waals surface area contributed by atoms with Crippen molar-refractivity contribution in [2.24, 2.45) is 0 Å². The second kappa shape index (κ2) is 10.6. The highest BCUT2D eigenvalue weighted by Crippen LogP contribution is 2.41. The van der Waals surface area contributed by atoms with Crippen molar-refractivity contribution >= 4 is 17.5 Å². The van der Waals surface area contributed by atoms with E-state index in [1.165, 1.54) is 12.1 Å². The van der Waals surface area contributed by atoms with E-state index in [2.05, 4.69) is 36.0 Å². The zero-order chi connectivity index (χ0) is 28.9. The van der Waals surface area contributed by atoms with E-state index in [-0.39, 0.29) is 41.7 Å². The Morgan fingerprint density at radius 3 is 2.68 bits per heavy atom. The van der Waals surface area contributed by atoms with Crippen LogP contribution < -0.4 is 10.2 Å². The van der Waals surface area contributed by atoms with Crippen LogP contribution in [0.3, 0.4) is 0 Å². The lowest BCUT2D eigenvalue weighted by Crippen LogP contribution is -2.60. The van der Waals surface area contributed by atoms with Gasteiger partial charge < -0.3 is 20.2 Å². The molecule has 3 atom stereocenters. The topological polar surface area (TPSA) is 89.0 Å². The summed E-state index contributed by atoms with van der Waals surface area (Å²) in [4.78, 5) is 37.5. The SMILES string of the molecule is CC1CN(CC(=O)N2CC(C)(C)c3ncc([C@@H](O)c4ccc(F)cc4)cc32)[C@@H](CN2Cc3ccccc3C2=O)CN1. The zero-order valence-corrected chi connectivity index (χ0v) is 23.7. The van der Waals surface area contributed by atoms with Crippen LogP contribution in [-0.4, -0.2) is 76.5 Å². The number of aliphatic hydroxyl groups is 1. The average molecular weight is 558 g/mol. The molecule has 1 unspecified atom stereocenters. The van der Waals surface area contributed by atoms with Gasteiger partial charge in [0, 0.05) is 67.5 Å². The van der Waals surface area contributed by atoms with Crippen LogP contribution in [0.2, 0.25) is 0 Å². The lowest BCUT2D eigenvalue weighted by molar-refractivity contribution is -0.120. The van der Waals surface area contributed by atoms with Crippen molar-refractivity contribution in [1.82, 2.24) is 20.1 Å². The maximum atomic E-state index is 13.9. The quantitative estimate of drug-likeness (QED) is 0.484. The first kappa shape index (κ1) is 27.5. The van der Waals surface area contributed by atoms with E-state index < -0.39 is 6.10 Å². The normalized spacial score (nSPS) is 22.5. The summed E-state index contributed by atoms with van der Waals surface area (Å²) in [5.41, 5.74) is 4.06. The molecular formula is C32H36FN5O3. The van der Waals surface area contributed by atoms with Crippen molar-refractivity contribution in [2.75, 3.05) is 37.6 Å². The van der Waals surface area contributed by atoms with Crippen LogP contribution in [0, 0.1) is 5.82 Å². The number of nitrogens with zero attached hydrogens (tertiary/aromatic N) is 4. The molecule has 9 heteroatoms. The number of aromatic nitrogens is 1. The molecule has 3 aliphatic rings. The van der Waals surface area contributed by atoms with Gasteiger partial charge in [0.1, 0.15) is 11.9 Å². The number of pyridine rings is 1. The molecule has 4 heterocycles. The first-order chi connectivity index (χ1) is 19.6. The number of anilines is 1. The largest absolute Gasteiger partial charge is 0.384 e. The lowest BCUT2D eigenvalue weighted by Gasteiger charge is -2.41. The zero-order valence-electron chi connectivity index (χ0n) is 23.7. The summed E-state index contributed by atoms with van der Waals surface area (Å²) in [6.45, 7) is 9.43. The number of rotatable bonds is 6. The van der Waals surface area contributed by atoms with Crippen LogP contribution in [0.15, 0.2) is 60.8 Å². The highest BCUT2D eigenvalue weighted by molar-refractivity contribution is 5.98. The first-order valence-electron chi connectivity index (χ1n) is 14.2. The Bertz CT molecular complexity index is 1480. The van der Waals surface area contributed by atoms with E-state index in [0.717, 1.165) is 16.8 Å². The van der Waals surface area contributed by atoms with Gasteiger partial charge in [-0.2, -0.15) is 0 Å². The van der Waals surface area contributed by atoms with Crippen LogP contribution in [0.25, 0.3) is 0 Å². The molecule has 8 nitrogen and oxygen atoms in total. The second-order valence-electron chi connectivity index (χ2n) is 12.2. The Morgan fingerprint density at radius 2 is 1.93 bits per heavy atom. The third-order valence-electron chi connectivity index (χ3n) is 8.57. The number of carbonyl (C=O) groups is 2. The fourth-order valence-electron chi connectivity index (χ4n) is 6.34. The Balaban J connectivity index is 1.21. The summed E-state index contributed by atoms with van der Waals surface area (Å²) in [5.74, 6) is -0.369. The molecule has 2 amide bonds. The summed E-state index contributed by atoms with van der Waals surface area (Å²) in [5, 5.41) is 14.5. The van der Waals surface area contributed by atoms with Crippen molar-refractivity contribution in [2.45, 2.75) is 50.9 Å². The van der Waals surface area contributed by atoms with Crippen molar-refractivity contribution < 1.29 is 19.1 Å². The summed E-state index contributed by atoms with van der Waals surface area (Å²) >= 11 is 0. The second-order valence-corrected chi connectivity index (χ2v) is 12.2. The molecule has 0 aliphatic carbocycles. The molecule has 0 saturated carbocycles. The Labute approximate surface area is 239 Å².